The topological polar surface area (TPSA) is 94.9 Å². The number of hydrogen-bond acceptors (Lipinski definition) is 5. The highest BCUT2D eigenvalue weighted by atomic mass is 16.5. The summed E-state index contributed by atoms with van der Waals surface area (Å²) in [5.74, 6) is 2.53. The van der Waals surface area contributed by atoms with E-state index in [0.717, 1.165) is 35.5 Å². The van der Waals surface area contributed by atoms with Crippen molar-refractivity contribution in [2.24, 2.45) is 10.7 Å². The average molecular weight is 332 g/mol. The Morgan fingerprint density at radius 3 is 2.62 bits per heavy atom. The van der Waals surface area contributed by atoms with Crippen LogP contribution in [0.3, 0.4) is 0 Å². The molecule has 1 aromatic heterocycles. The maximum Gasteiger partial charge on any atom is 0.193 e. The van der Waals surface area contributed by atoms with Crippen molar-refractivity contribution in [3.05, 3.63) is 35.2 Å². The Balaban J connectivity index is 1.88. The summed E-state index contributed by atoms with van der Waals surface area (Å²) < 4.78 is 15.6. The second-order valence-corrected chi connectivity index (χ2v) is 5.37. The first-order chi connectivity index (χ1) is 11.5. The second kappa shape index (κ2) is 8.24. The molecular formula is C17H24N4O3. The number of nitrogens with two attached hydrogens (primary N) is 1. The van der Waals surface area contributed by atoms with Crippen LogP contribution in [0.15, 0.2) is 27.7 Å². The lowest BCUT2D eigenvalue weighted by Crippen LogP contribution is -2.22. The van der Waals surface area contributed by atoms with Gasteiger partial charge in [0.15, 0.2) is 17.5 Å². The van der Waals surface area contributed by atoms with Gasteiger partial charge in [-0.25, -0.2) is 0 Å². The molecule has 0 aliphatic rings. The molecule has 24 heavy (non-hydrogen) atoms. The molecule has 0 unspecified atom stereocenters. The van der Waals surface area contributed by atoms with Crippen molar-refractivity contribution in [3.63, 3.8) is 0 Å². The Bertz CT molecular complexity index is 690. The Morgan fingerprint density at radius 1 is 1.25 bits per heavy atom. The highest BCUT2D eigenvalue weighted by Crippen LogP contribution is 2.29. The number of aryl methyl sites for hydroxylation is 2. The van der Waals surface area contributed by atoms with Crippen molar-refractivity contribution < 1.29 is 14.0 Å². The quantitative estimate of drug-likeness (QED) is 0.460. The van der Waals surface area contributed by atoms with Crippen molar-refractivity contribution in [3.8, 4) is 11.5 Å². The van der Waals surface area contributed by atoms with E-state index in [2.05, 4.69) is 15.5 Å². The molecule has 0 bridgehead atoms. The number of guanidine groups is 1. The predicted molar refractivity (Wildman–Crippen MR) is 94.0 cm³/mol. The lowest BCUT2D eigenvalue weighted by molar-refractivity contribution is 0.355. The molecule has 1 heterocycles. The van der Waals surface area contributed by atoms with Gasteiger partial charge >= 0.3 is 0 Å². The molecule has 0 aliphatic carbocycles. The highest BCUT2D eigenvalue weighted by molar-refractivity contribution is 5.92. The number of benzene rings is 1. The van der Waals surface area contributed by atoms with Crippen LogP contribution in [0.1, 0.15) is 23.4 Å². The van der Waals surface area contributed by atoms with Crippen molar-refractivity contribution >= 4 is 11.6 Å². The zero-order valence-electron chi connectivity index (χ0n) is 14.5. The normalized spacial score (nSPS) is 11.4. The molecule has 0 aliphatic heterocycles. The average Bonchev–Trinajstić information content (AvgIpc) is 2.90. The first-order valence-corrected chi connectivity index (χ1v) is 7.76. The van der Waals surface area contributed by atoms with Crippen LogP contribution < -0.4 is 20.5 Å². The van der Waals surface area contributed by atoms with Crippen molar-refractivity contribution in [2.45, 2.75) is 26.7 Å². The van der Waals surface area contributed by atoms with E-state index in [-0.39, 0.29) is 0 Å². The summed E-state index contributed by atoms with van der Waals surface area (Å²) in [5.41, 5.74) is 8.80. The fourth-order valence-corrected chi connectivity index (χ4v) is 2.42. The maximum atomic E-state index is 5.92. The minimum absolute atomic E-state index is 0.362. The summed E-state index contributed by atoms with van der Waals surface area (Å²) in [6.07, 6.45) is 1.74. The molecule has 3 N–H and O–H groups in total. The molecule has 0 spiro atoms. The molecular weight excluding hydrogens is 308 g/mol. The van der Waals surface area contributed by atoms with Gasteiger partial charge in [0.05, 0.1) is 19.9 Å². The van der Waals surface area contributed by atoms with E-state index < -0.39 is 0 Å². The Hall–Kier alpha value is -2.70. The minimum Gasteiger partial charge on any atom is -0.493 e. The Labute approximate surface area is 141 Å². The summed E-state index contributed by atoms with van der Waals surface area (Å²) in [5, 5.41) is 6.99. The third-order valence-electron chi connectivity index (χ3n) is 3.70. The van der Waals surface area contributed by atoms with E-state index in [0.29, 0.717) is 24.0 Å². The lowest BCUT2D eigenvalue weighted by Gasteiger charge is -2.10. The molecule has 7 nitrogen and oxygen atoms in total. The van der Waals surface area contributed by atoms with Crippen molar-refractivity contribution in [1.29, 1.82) is 0 Å². The van der Waals surface area contributed by atoms with Crippen LogP contribution in [0.5, 0.6) is 11.5 Å². The predicted octanol–water partition coefficient (Wildman–Crippen LogP) is 2.67. The van der Waals surface area contributed by atoms with Gasteiger partial charge in [0.25, 0.3) is 0 Å². The molecule has 2 aromatic rings. The number of hydrogen-bond donors (Lipinski definition) is 2. The zero-order chi connectivity index (χ0) is 17.5. The number of rotatable bonds is 7. The molecule has 130 valence electrons. The zero-order valence-corrected chi connectivity index (χ0v) is 14.5. The smallest absolute Gasteiger partial charge is 0.193 e. The number of nitrogens with one attached hydrogen (secondary N) is 1. The van der Waals surface area contributed by atoms with Crippen molar-refractivity contribution in [2.75, 3.05) is 26.1 Å². The first-order valence-electron chi connectivity index (χ1n) is 7.76. The monoisotopic (exact) mass is 332 g/mol. The van der Waals surface area contributed by atoms with Crippen LogP contribution >= 0.6 is 0 Å². The SMILES string of the molecule is COc1ccc(NC(N)=NCCCc2c(C)noc2C)cc1OC. The summed E-state index contributed by atoms with van der Waals surface area (Å²) in [4.78, 5) is 4.34. The summed E-state index contributed by atoms with van der Waals surface area (Å²) in [6.45, 7) is 4.49. The molecule has 7 heteroatoms. The van der Waals surface area contributed by atoms with E-state index in [1.54, 1.807) is 14.2 Å². The van der Waals surface area contributed by atoms with E-state index in [1.807, 2.05) is 32.0 Å². The van der Waals surface area contributed by atoms with Gasteiger partial charge in [-0.2, -0.15) is 0 Å². The number of aliphatic imine (C=N–C) groups is 1. The fraction of sp³-hybridized carbons (Fsp3) is 0.412. The van der Waals surface area contributed by atoms with Gasteiger partial charge in [0, 0.05) is 23.9 Å². The molecule has 0 saturated heterocycles. The highest BCUT2D eigenvalue weighted by Gasteiger charge is 2.08. The standard InChI is InChI=1S/C17H24N4O3/c1-11-14(12(2)24-21-11)6-5-9-19-17(18)20-13-7-8-15(22-3)16(10-13)23-4/h7-8,10H,5-6,9H2,1-4H3,(H3,18,19,20). The Morgan fingerprint density at radius 2 is 2.00 bits per heavy atom. The first kappa shape index (κ1) is 17.7. The third kappa shape index (κ3) is 4.41. The van der Waals surface area contributed by atoms with Gasteiger partial charge in [0.2, 0.25) is 0 Å². The largest absolute Gasteiger partial charge is 0.493 e. The van der Waals surface area contributed by atoms with Gasteiger partial charge in [-0.1, -0.05) is 5.16 Å². The van der Waals surface area contributed by atoms with Gasteiger partial charge < -0.3 is 25.0 Å². The van der Waals surface area contributed by atoms with Gasteiger partial charge in [-0.3, -0.25) is 4.99 Å². The van der Waals surface area contributed by atoms with Gasteiger partial charge in [-0.15, -0.1) is 0 Å². The van der Waals surface area contributed by atoms with Gasteiger partial charge in [0.1, 0.15) is 5.76 Å². The van der Waals surface area contributed by atoms with Gasteiger partial charge in [-0.05, 0) is 38.8 Å². The third-order valence-corrected chi connectivity index (χ3v) is 3.70. The molecule has 0 amide bonds. The summed E-state index contributed by atoms with van der Waals surface area (Å²) in [6, 6.07) is 5.48. The summed E-state index contributed by atoms with van der Waals surface area (Å²) in [7, 11) is 3.19. The Kier molecular flexibility index (Phi) is 6.06. The molecule has 0 atom stereocenters. The lowest BCUT2D eigenvalue weighted by atomic mass is 10.1. The van der Waals surface area contributed by atoms with Crippen LogP contribution in [0.2, 0.25) is 0 Å². The minimum atomic E-state index is 0.362. The number of ether oxygens (including phenoxy) is 2. The molecule has 0 saturated carbocycles. The molecule has 1 aromatic carbocycles. The van der Waals surface area contributed by atoms with Crippen LogP contribution in [-0.2, 0) is 6.42 Å². The van der Waals surface area contributed by atoms with Crippen LogP contribution in [0.25, 0.3) is 0 Å². The second-order valence-electron chi connectivity index (χ2n) is 5.37. The number of methoxy groups -OCH3 is 2. The number of anilines is 1. The van der Waals surface area contributed by atoms with E-state index in [9.17, 15) is 0 Å². The molecule has 0 radical (unpaired) electrons. The van der Waals surface area contributed by atoms with E-state index in [1.165, 1.54) is 0 Å². The molecule has 0 fully saturated rings. The molecule has 2 rings (SSSR count). The number of nitrogens with zero attached hydrogens (tertiary/aromatic N) is 2. The fourth-order valence-electron chi connectivity index (χ4n) is 2.42. The van der Waals surface area contributed by atoms with E-state index in [4.69, 9.17) is 19.7 Å². The van der Waals surface area contributed by atoms with Crippen LogP contribution in [-0.4, -0.2) is 31.9 Å². The van der Waals surface area contributed by atoms with Crippen molar-refractivity contribution in [1.82, 2.24) is 5.16 Å². The number of aromatic nitrogens is 1. The van der Waals surface area contributed by atoms with Crippen LogP contribution in [0.4, 0.5) is 5.69 Å². The maximum absolute atomic E-state index is 5.92. The summed E-state index contributed by atoms with van der Waals surface area (Å²) >= 11 is 0. The van der Waals surface area contributed by atoms with Crippen LogP contribution in [0, 0.1) is 13.8 Å². The van der Waals surface area contributed by atoms with E-state index >= 15 is 0 Å².